The molecule has 0 fully saturated rings. The summed E-state index contributed by atoms with van der Waals surface area (Å²) in [6.07, 6.45) is 1.67. The highest BCUT2D eigenvalue weighted by molar-refractivity contribution is 6.29. The van der Waals surface area contributed by atoms with Crippen LogP contribution in [0.2, 0.25) is 5.28 Å². The van der Waals surface area contributed by atoms with Crippen LogP contribution in [0.15, 0.2) is 48.7 Å². The normalized spacial score (nSPS) is 10.9. The topological polar surface area (TPSA) is 46.8 Å². The summed E-state index contributed by atoms with van der Waals surface area (Å²) in [5.41, 5.74) is 2.87. The fourth-order valence-corrected chi connectivity index (χ4v) is 2.59. The molecule has 5 nitrogen and oxygen atoms in total. The van der Waals surface area contributed by atoms with Crippen molar-refractivity contribution >= 4 is 23.0 Å². The lowest BCUT2D eigenvalue weighted by atomic mass is 10.0. The molecule has 0 atom stereocenters. The van der Waals surface area contributed by atoms with Crippen molar-refractivity contribution in [3.8, 4) is 11.3 Å². The second-order valence-electron chi connectivity index (χ2n) is 4.73. The molecule has 0 saturated carbocycles. The maximum absolute atomic E-state index is 12.6. The quantitative estimate of drug-likeness (QED) is 0.697. The average molecular weight is 316 g/mol. The predicted molar refractivity (Wildman–Crippen MR) is 84.7 cm³/mol. The molecule has 22 heavy (non-hydrogen) atoms. The maximum Gasteiger partial charge on any atom is 0.279 e. The molecule has 0 spiro atoms. The summed E-state index contributed by atoms with van der Waals surface area (Å²) in [5.74, 6) is -0.256. The molecular formula is C16H14ClN3O2. The van der Waals surface area contributed by atoms with Gasteiger partial charge < -0.3 is 0 Å². The van der Waals surface area contributed by atoms with Crippen LogP contribution in [0, 0.1) is 0 Å². The van der Waals surface area contributed by atoms with Crippen molar-refractivity contribution in [3.05, 3.63) is 59.5 Å². The number of benzene rings is 1. The highest BCUT2D eigenvalue weighted by atomic mass is 35.5. The summed E-state index contributed by atoms with van der Waals surface area (Å²) in [4.78, 5) is 21.7. The smallest absolute Gasteiger partial charge is 0.279 e. The van der Waals surface area contributed by atoms with Gasteiger partial charge in [0.05, 0.1) is 30.1 Å². The van der Waals surface area contributed by atoms with Gasteiger partial charge in [0, 0.05) is 7.05 Å². The lowest BCUT2D eigenvalue weighted by molar-refractivity contribution is -0.0756. The van der Waals surface area contributed by atoms with Gasteiger partial charge in [-0.3, -0.25) is 14.0 Å². The Balaban J connectivity index is 2.33. The van der Waals surface area contributed by atoms with Crippen LogP contribution in [0.25, 0.3) is 16.8 Å². The molecule has 3 rings (SSSR count). The zero-order valence-electron chi connectivity index (χ0n) is 12.2. The van der Waals surface area contributed by atoms with Crippen molar-refractivity contribution in [2.75, 3.05) is 14.2 Å². The SMILES string of the molecule is CON(C)C(=O)c1ccc2cnc(Cl)n2c1-c1ccccc1. The van der Waals surface area contributed by atoms with E-state index < -0.39 is 0 Å². The van der Waals surface area contributed by atoms with Gasteiger partial charge in [0.25, 0.3) is 5.91 Å². The molecule has 0 unspecified atom stereocenters. The number of halogens is 1. The molecular weight excluding hydrogens is 302 g/mol. The van der Waals surface area contributed by atoms with Crippen LogP contribution in [0.4, 0.5) is 0 Å². The monoisotopic (exact) mass is 315 g/mol. The Morgan fingerprint density at radius 3 is 2.64 bits per heavy atom. The van der Waals surface area contributed by atoms with E-state index in [4.69, 9.17) is 16.4 Å². The van der Waals surface area contributed by atoms with Gasteiger partial charge in [0.1, 0.15) is 0 Å². The van der Waals surface area contributed by atoms with Crippen LogP contribution in [0.1, 0.15) is 10.4 Å². The first-order valence-electron chi connectivity index (χ1n) is 6.67. The number of rotatable bonds is 3. The standard InChI is InChI=1S/C16H14ClN3O2/c1-19(22-2)15(21)13-9-8-12-10-18-16(17)20(12)14(13)11-6-4-3-5-7-11/h3-10H,1-2H3. The third-order valence-electron chi connectivity index (χ3n) is 3.48. The Morgan fingerprint density at radius 2 is 1.95 bits per heavy atom. The van der Waals surface area contributed by atoms with E-state index in [1.165, 1.54) is 12.2 Å². The molecule has 0 N–H and O–H groups in total. The molecule has 112 valence electrons. The van der Waals surface area contributed by atoms with Crippen LogP contribution in [-0.4, -0.2) is 34.5 Å². The summed E-state index contributed by atoms with van der Waals surface area (Å²) >= 11 is 6.21. The van der Waals surface area contributed by atoms with Crippen LogP contribution < -0.4 is 0 Å². The van der Waals surface area contributed by atoms with E-state index >= 15 is 0 Å². The third kappa shape index (κ3) is 2.34. The van der Waals surface area contributed by atoms with Crippen molar-refractivity contribution < 1.29 is 9.63 Å². The number of hydroxylamine groups is 2. The zero-order valence-corrected chi connectivity index (χ0v) is 12.9. The summed E-state index contributed by atoms with van der Waals surface area (Å²) in [5, 5.41) is 1.49. The van der Waals surface area contributed by atoms with Crippen molar-refractivity contribution in [1.29, 1.82) is 0 Å². The molecule has 0 bridgehead atoms. The summed E-state index contributed by atoms with van der Waals surface area (Å²) < 4.78 is 1.76. The van der Waals surface area contributed by atoms with E-state index in [-0.39, 0.29) is 5.91 Å². The van der Waals surface area contributed by atoms with Gasteiger partial charge in [-0.15, -0.1) is 0 Å². The molecule has 1 aromatic carbocycles. The third-order valence-corrected chi connectivity index (χ3v) is 3.75. The lowest BCUT2D eigenvalue weighted by Crippen LogP contribution is -2.26. The largest absolute Gasteiger partial charge is 0.282 e. The predicted octanol–water partition coefficient (Wildman–Crippen LogP) is 3.29. The molecule has 0 aliphatic heterocycles. The van der Waals surface area contributed by atoms with Crippen LogP contribution in [-0.2, 0) is 4.84 Å². The fraction of sp³-hybridized carbons (Fsp3) is 0.125. The first-order valence-corrected chi connectivity index (χ1v) is 7.05. The Hall–Kier alpha value is -2.37. The number of amides is 1. The van der Waals surface area contributed by atoms with Crippen LogP contribution in [0.5, 0.6) is 0 Å². The molecule has 0 aliphatic rings. The van der Waals surface area contributed by atoms with Gasteiger partial charge in [-0.1, -0.05) is 30.3 Å². The Bertz CT molecular complexity index is 830. The Labute approximate surface area is 132 Å². The first-order chi connectivity index (χ1) is 10.6. The van der Waals surface area contributed by atoms with Crippen molar-refractivity contribution in [2.24, 2.45) is 0 Å². The minimum atomic E-state index is -0.256. The number of carbonyl (C=O) groups is 1. The summed E-state index contributed by atoms with van der Waals surface area (Å²) in [7, 11) is 3.01. The van der Waals surface area contributed by atoms with Crippen LogP contribution in [0.3, 0.4) is 0 Å². The Kier molecular flexibility index (Phi) is 3.83. The van der Waals surface area contributed by atoms with Crippen LogP contribution >= 0.6 is 11.6 Å². The van der Waals surface area contributed by atoms with E-state index in [1.54, 1.807) is 23.7 Å². The van der Waals surface area contributed by atoms with Gasteiger partial charge in [-0.25, -0.2) is 10.0 Å². The van der Waals surface area contributed by atoms with E-state index in [2.05, 4.69) is 4.98 Å². The van der Waals surface area contributed by atoms with Crippen molar-refractivity contribution in [2.45, 2.75) is 0 Å². The molecule has 3 aromatic rings. The van der Waals surface area contributed by atoms with Crippen molar-refractivity contribution in [1.82, 2.24) is 14.4 Å². The minimum absolute atomic E-state index is 0.256. The molecule has 0 aliphatic carbocycles. The van der Waals surface area contributed by atoms with Crippen molar-refractivity contribution in [3.63, 3.8) is 0 Å². The van der Waals surface area contributed by atoms with Gasteiger partial charge in [0.15, 0.2) is 0 Å². The molecule has 6 heteroatoms. The first kappa shape index (κ1) is 14.6. The van der Waals surface area contributed by atoms with E-state index in [9.17, 15) is 4.79 Å². The second-order valence-corrected chi connectivity index (χ2v) is 5.07. The average Bonchev–Trinajstić information content (AvgIpc) is 2.94. The highest BCUT2D eigenvalue weighted by Crippen LogP contribution is 2.28. The molecule has 2 heterocycles. The molecule has 0 radical (unpaired) electrons. The number of hydrogen-bond donors (Lipinski definition) is 0. The minimum Gasteiger partial charge on any atom is -0.282 e. The number of nitrogens with zero attached hydrogens (tertiary/aromatic N) is 3. The number of imidazole rings is 1. The number of fused-ring (bicyclic) bond motifs is 1. The summed E-state index contributed by atoms with van der Waals surface area (Å²) in [6, 6.07) is 13.2. The highest BCUT2D eigenvalue weighted by Gasteiger charge is 2.20. The van der Waals surface area contributed by atoms with Gasteiger partial charge in [0.2, 0.25) is 5.28 Å². The zero-order chi connectivity index (χ0) is 15.7. The van der Waals surface area contributed by atoms with Gasteiger partial charge >= 0.3 is 0 Å². The maximum atomic E-state index is 12.6. The molecule has 1 amide bonds. The van der Waals surface area contributed by atoms with E-state index in [0.717, 1.165) is 11.1 Å². The number of hydrogen-bond acceptors (Lipinski definition) is 3. The molecule has 2 aromatic heterocycles. The molecule has 0 saturated heterocycles. The lowest BCUT2D eigenvalue weighted by Gasteiger charge is -2.17. The van der Waals surface area contributed by atoms with E-state index in [1.807, 2.05) is 36.4 Å². The number of pyridine rings is 1. The number of carbonyl (C=O) groups excluding carboxylic acids is 1. The van der Waals surface area contributed by atoms with E-state index in [0.29, 0.717) is 16.5 Å². The number of aromatic nitrogens is 2. The second kappa shape index (κ2) is 5.79. The van der Waals surface area contributed by atoms with Gasteiger partial charge in [-0.05, 0) is 29.3 Å². The summed E-state index contributed by atoms with van der Waals surface area (Å²) in [6.45, 7) is 0. The Morgan fingerprint density at radius 1 is 1.23 bits per heavy atom. The fourth-order valence-electron chi connectivity index (χ4n) is 2.35. The van der Waals surface area contributed by atoms with Gasteiger partial charge in [-0.2, -0.15) is 0 Å².